The summed E-state index contributed by atoms with van der Waals surface area (Å²) < 4.78 is 1.04. The summed E-state index contributed by atoms with van der Waals surface area (Å²) in [7, 11) is 0. The first kappa shape index (κ1) is 17.3. The van der Waals surface area contributed by atoms with Crippen LogP contribution in [0.1, 0.15) is 43.9 Å². The number of amides is 3. The van der Waals surface area contributed by atoms with Gasteiger partial charge in [0.05, 0.1) is 21.8 Å². The fraction of sp³-hybridized carbons (Fsp3) is 0.222. The zero-order valence-corrected chi connectivity index (χ0v) is 14.9. The number of nitrogens with two attached hydrogens (primary N) is 1. The Morgan fingerprint density at radius 3 is 2.48 bits per heavy atom. The van der Waals surface area contributed by atoms with Gasteiger partial charge in [0.15, 0.2) is 0 Å². The zero-order valence-electron chi connectivity index (χ0n) is 14.1. The van der Waals surface area contributed by atoms with Crippen LogP contribution in [-0.4, -0.2) is 40.3 Å². The molecule has 8 nitrogen and oxygen atoms in total. The van der Waals surface area contributed by atoms with Crippen LogP contribution in [-0.2, 0) is 0 Å². The topological polar surface area (TPSA) is 114 Å². The minimum Gasteiger partial charge on any atom is -0.384 e. The molecule has 0 saturated carbocycles. The molecule has 1 aromatic carbocycles. The molecule has 0 unspecified atom stereocenters. The molecule has 4 rings (SSSR count). The van der Waals surface area contributed by atoms with Gasteiger partial charge in [-0.3, -0.25) is 29.1 Å². The quantitative estimate of drug-likeness (QED) is 0.752. The number of likely N-dealkylation sites (tertiary alicyclic amines) is 1. The van der Waals surface area contributed by atoms with Crippen LogP contribution in [0, 0.1) is 0 Å². The average Bonchev–Trinajstić information content (AvgIpc) is 3.25. The van der Waals surface area contributed by atoms with Crippen LogP contribution in [0.5, 0.6) is 0 Å². The Hall–Kier alpha value is -3.13. The van der Waals surface area contributed by atoms with E-state index in [-0.39, 0.29) is 33.6 Å². The van der Waals surface area contributed by atoms with E-state index in [4.69, 9.17) is 17.3 Å². The molecule has 9 heteroatoms. The molecule has 3 N–H and O–H groups in total. The lowest BCUT2D eigenvalue weighted by Crippen LogP contribution is -2.28. The maximum Gasteiger partial charge on any atom is 0.262 e. The number of pyridine rings is 1. The standard InChI is InChI=1S/C18H15ClN4O4/c19-11-4-3-9(18(27)22-5-1-2-6-22)7-12(11)23-13(24)8-10-14(15(23)20)17(26)21-16(10)25/h3-4,7-8H,1-2,5-6,20H2,(H,21,25,26). The Morgan fingerprint density at radius 1 is 1.07 bits per heavy atom. The van der Waals surface area contributed by atoms with Gasteiger partial charge < -0.3 is 10.6 Å². The lowest BCUT2D eigenvalue weighted by Gasteiger charge is -2.18. The molecule has 1 fully saturated rings. The van der Waals surface area contributed by atoms with Crippen molar-refractivity contribution in [3.63, 3.8) is 0 Å². The van der Waals surface area contributed by atoms with Gasteiger partial charge in [0.1, 0.15) is 5.82 Å². The number of benzene rings is 1. The normalized spacial score (nSPS) is 15.8. The van der Waals surface area contributed by atoms with Crippen molar-refractivity contribution in [1.82, 2.24) is 14.8 Å². The van der Waals surface area contributed by atoms with Crippen molar-refractivity contribution in [3.8, 4) is 5.69 Å². The highest BCUT2D eigenvalue weighted by Gasteiger charge is 2.32. The molecule has 0 atom stereocenters. The number of nitrogens with zero attached hydrogens (tertiary/aromatic N) is 2. The second-order valence-electron chi connectivity index (χ2n) is 6.44. The second kappa shape index (κ2) is 6.24. The fourth-order valence-electron chi connectivity index (χ4n) is 3.45. The van der Waals surface area contributed by atoms with E-state index in [1.807, 2.05) is 0 Å². The Labute approximate surface area is 158 Å². The third-order valence-corrected chi connectivity index (χ3v) is 5.10. The molecule has 2 aromatic rings. The van der Waals surface area contributed by atoms with Crippen molar-refractivity contribution in [2.24, 2.45) is 0 Å². The molecule has 1 saturated heterocycles. The summed E-state index contributed by atoms with van der Waals surface area (Å²) in [6, 6.07) is 5.60. The molecule has 2 aliphatic heterocycles. The van der Waals surface area contributed by atoms with Gasteiger partial charge in [-0.2, -0.15) is 0 Å². The molecule has 0 bridgehead atoms. The number of nitrogens with one attached hydrogen (secondary N) is 1. The van der Waals surface area contributed by atoms with Crippen molar-refractivity contribution >= 4 is 35.1 Å². The minimum atomic E-state index is -0.679. The molecule has 0 spiro atoms. The molecule has 3 heterocycles. The zero-order chi connectivity index (χ0) is 19.3. The van der Waals surface area contributed by atoms with Crippen molar-refractivity contribution in [2.45, 2.75) is 12.8 Å². The molecule has 27 heavy (non-hydrogen) atoms. The van der Waals surface area contributed by atoms with E-state index < -0.39 is 17.4 Å². The molecule has 0 aliphatic carbocycles. The van der Waals surface area contributed by atoms with Crippen LogP contribution in [0.25, 0.3) is 5.69 Å². The van der Waals surface area contributed by atoms with E-state index in [0.717, 1.165) is 23.5 Å². The van der Waals surface area contributed by atoms with E-state index in [1.165, 1.54) is 12.1 Å². The fourth-order valence-corrected chi connectivity index (χ4v) is 3.65. The molecular weight excluding hydrogens is 372 g/mol. The number of anilines is 1. The summed E-state index contributed by atoms with van der Waals surface area (Å²) in [4.78, 5) is 50.7. The lowest BCUT2D eigenvalue weighted by atomic mass is 10.1. The Kier molecular flexibility index (Phi) is 4.00. The van der Waals surface area contributed by atoms with Crippen molar-refractivity contribution < 1.29 is 14.4 Å². The van der Waals surface area contributed by atoms with Gasteiger partial charge in [0, 0.05) is 24.7 Å². The van der Waals surface area contributed by atoms with Crippen molar-refractivity contribution in [2.75, 3.05) is 18.8 Å². The number of hydrogen-bond donors (Lipinski definition) is 2. The monoisotopic (exact) mass is 386 g/mol. The lowest BCUT2D eigenvalue weighted by molar-refractivity contribution is 0.0791. The summed E-state index contributed by atoms with van der Waals surface area (Å²) in [5, 5.41) is 2.29. The minimum absolute atomic E-state index is 0.0702. The smallest absolute Gasteiger partial charge is 0.262 e. The SMILES string of the molecule is Nc1c2c(cc(=O)n1-c1cc(C(=O)N3CCCC3)ccc1Cl)C(=O)NC2=O. The van der Waals surface area contributed by atoms with Crippen molar-refractivity contribution in [1.29, 1.82) is 0 Å². The third kappa shape index (κ3) is 2.69. The maximum absolute atomic E-state index is 12.6. The number of aromatic nitrogens is 1. The van der Waals surface area contributed by atoms with Crippen LogP contribution in [0.2, 0.25) is 5.02 Å². The number of carbonyl (C=O) groups is 3. The van der Waals surface area contributed by atoms with E-state index in [0.29, 0.717) is 18.7 Å². The average molecular weight is 387 g/mol. The Bertz CT molecular complexity index is 1070. The van der Waals surface area contributed by atoms with Crippen LogP contribution >= 0.6 is 11.6 Å². The first-order valence-electron chi connectivity index (χ1n) is 8.39. The first-order valence-corrected chi connectivity index (χ1v) is 8.76. The first-order chi connectivity index (χ1) is 12.9. The van der Waals surface area contributed by atoms with Gasteiger partial charge in [0.2, 0.25) is 0 Å². The summed E-state index contributed by atoms with van der Waals surface area (Å²) >= 11 is 6.25. The van der Waals surface area contributed by atoms with Crippen LogP contribution in [0.15, 0.2) is 29.1 Å². The van der Waals surface area contributed by atoms with E-state index >= 15 is 0 Å². The number of fused-ring (bicyclic) bond motifs is 1. The number of carbonyl (C=O) groups excluding carboxylic acids is 3. The third-order valence-electron chi connectivity index (χ3n) is 4.78. The second-order valence-corrected chi connectivity index (χ2v) is 6.85. The molecular formula is C18H15ClN4O4. The highest BCUT2D eigenvalue weighted by molar-refractivity contribution is 6.32. The van der Waals surface area contributed by atoms with Gasteiger partial charge in [0.25, 0.3) is 23.3 Å². The van der Waals surface area contributed by atoms with Crippen LogP contribution in [0.3, 0.4) is 0 Å². The Balaban J connectivity index is 1.87. The van der Waals surface area contributed by atoms with E-state index in [9.17, 15) is 19.2 Å². The number of rotatable bonds is 2. The molecule has 2 aliphatic rings. The molecule has 3 amide bonds. The highest BCUT2D eigenvalue weighted by Crippen LogP contribution is 2.28. The highest BCUT2D eigenvalue weighted by atomic mass is 35.5. The van der Waals surface area contributed by atoms with E-state index in [2.05, 4.69) is 5.32 Å². The maximum atomic E-state index is 12.6. The predicted octanol–water partition coefficient (Wildman–Crippen LogP) is 1.19. The summed E-state index contributed by atoms with van der Waals surface area (Å²) in [6.45, 7) is 1.36. The van der Waals surface area contributed by atoms with Gasteiger partial charge in [-0.25, -0.2) is 0 Å². The van der Waals surface area contributed by atoms with Crippen molar-refractivity contribution in [3.05, 3.63) is 56.3 Å². The van der Waals surface area contributed by atoms with Gasteiger partial charge in [-0.15, -0.1) is 0 Å². The van der Waals surface area contributed by atoms with Gasteiger partial charge in [-0.1, -0.05) is 11.6 Å². The van der Waals surface area contributed by atoms with E-state index in [1.54, 1.807) is 11.0 Å². The van der Waals surface area contributed by atoms with Crippen LogP contribution < -0.4 is 16.6 Å². The molecule has 1 aromatic heterocycles. The summed E-state index contributed by atoms with van der Waals surface area (Å²) in [6.07, 6.45) is 1.90. The number of hydrogen-bond acceptors (Lipinski definition) is 5. The molecule has 138 valence electrons. The number of imide groups is 1. The number of nitrogen functional groups attached to an aromatic ring is 1. The van der Waals surface area contributed by atoms with Gasteiger partial charge >= 0.3 is 0 Å². The summed E-state index contributed by atoms with van der Waals surface area (Å²) in [5.41, 5.74) is 5.81. The number of halogens is 1. The predicted molar refractivity (Wildman–Crippen MR) is 98.4 cm³/mol. The largest absolute Gasteiger partial charge is 0.384 e. The Morgan fingerprint density at radius 2 is 1.78 bits per heavy atom. The summed E-state index contributed by atoms with van der Waals surface area (Å²) in [5.74, 6) is -1.71. The molecule has 0 radical (unpaired) electrons. The van der Waals surface area contributed by atoms with Gasteiger partial charge in [-0.05, 0) is 31.0 Å². The van der Waals surface area contributed by atoms with Crippen LogP contribution in [0.4, 0.5) is 5.82 Å².